The Morgan fingerprint density at radius 2 is 1.76 bits per heavy atom. The van der Waals surface area contributed by atoms with Gasteiger partial charge < -0.3 is 24.0 Å². The number of aromatic nitrogens is 3. The molecule has 0 aliphatic heterocycles. The number of hydrogen-bond donors (Lipinski definition) is 2. The molecule has 0 saturated heterocycles. The van der Waals surface area contributed by atoms with Crippen molar-refractivity contribution in [1.82, 2.24) is 14.1 Å². The SMILES string of the molecule is Cc1cc(F)cc(C)c1Oc1cn(CC(C)(C)O)c(=O)cc1-c1cn(C)c(=O)c2[nH]ccc12. The predicted molar refractivity (Wildman–Crippen MR) is 125 cm³/mol. The molecule has 2 N–H and O–H groups in total. The van der Waals surface area contributed by atoms with Crippen LogP contribution >= 0.6 is 0 Å². The molecule has 172 valence electrons. The minimum Gasteiger partial charge on any atom is -0.455 e. The molecule has 0 unspecified atom stereocenters. The van der Waals surface area contributed by atoms with Gasteiger partial charge in [-0.2, -0.15) is 0 Å². The number of nitrogens with one attached hydrogen (secondary N) is 1. The first kappa shape index (κ1) is 22.5. The van der Waals surface area contributed by atoms with E-state index in [2.05, 4.69) is 4.98 Å². The monoisotopic (exact) mass is 451 g/mol. The summed E-state index contributed by atoms with van der Waals surface area (Å²) >= 11 is 0. The second kappa shape index (κ2) is 8.04. The van der Waals surface area contributed by atoms with Crippen LogP contribution in [0.5, 0.6) is 11.5 Å². The Hall–Kier alpha value is -3.65. The van der Waals surface area contributed by atoms with E-state index in [9.17, 15) is 19.1 Å². The molecule has 3 heterocycles. The van der Waals surface area contributed by atoms with Crippen LogP contribution in [0.25, 0.3) is 22.0 Å². The fourth-order valence-electron chi connectivity index (χ4n) is 4.04. The largest absolute Gasteiger partial charge is 0.455 e. The van der Waals surface area contributed by atoms with E-state index in [1.54, 1.807) is 59.4 Å². The Morgan fingerprint density at radius 3 is 2.39 bits per heavy atom. The Morgan fingerprint density at radius 1 is 1.09 bits per heavy atom. The van der Waals surface area contributed by atoms with Gasteiger partial charge in [0.05, 0.1) is 18.3 Å². The van der Waals surface area contributed by atoms with Crippen LogP contribution in [0.3, 0.4) is 0 Å². The predicted octanol–water partition coefficient (Wildman–Crippen LogP) is 4.01. The standard InChI is InChI=1S/C25H26FN3O4/c1-14-8-16(26)9-15(2)23(14)33-20-12-29(13-25(3,4)32)21(30)10-18(20)19-11-28(5)24(31)22-17(19)6-7-27-22/h6-12,27,32H,13H2,1-5H3. The normalized spacial score (nSPS) is 11.8. The van der Waals surface area contributed by atoms with Crippen LogP contribution < -0.4 is 15.9 Å². The van der Waals surface area contributed by atoms with Crippen LogP contribution in [0.2, 0.25) is 0 Å². The smallest absolute Gasteiger partial charge is 0.274 e. The maximum atomic E-state index is 13.9. The summed E-state index contributed by atoms with van der Waals surface area (Å²) in [6.07, 6.45) is 4.87. The number of hydrogen-bond acceptors (Lipinski definition) is 4. The van der Waals surface area contributed by atoms with E-state index in [1.165, 1.54) is 27.3 Å². The van der Waals surface area contributed by atoms with Gasteiger partial charge in [0.25, 0.3) is 11.1 Å². The highest BCUT2D eigenvalue weighted by Gasteiger charge is 2.21. The summed E-state index contributed by atoms with van der Waals surface area (Å²) in [6, 6.07) is 5.96. The van der Waals surface area contributed by atoms with Crippen LogP contribution in [0.1, 0.15) is 25.0 Å². The molecule has 0 fully saturated rings. The fourth-order valence-corrected chi connectivity index (χ4v) is 4.04. The van der Waals surface area contributed by atoms with Crippen molar-refractivity contribution in [3.8, 4) is 22.6 Å². The van der Waals surface area contributed by atoms with Crippen molar-refractivity contribution in [2.75, 3.05) is 0 Å². The summed E-state index contributed by atoms with van der Waals surface area (Å²) in [4.78, 5) is 28.4. The molecule has 1 aromatic carbocycles. The molecule has 0 saturated carbocycles. The van der Waals surface area contributed by atoms with Crippen LogP contribution in [-0.2, 0) is 13.6 Å². The number of aromatic amines is 1. The van der Waals surface area contributed by atoms with Gasteiger partial charge >= 0.3 is 0 Å². The van der Waals surface area contributed by atoms with Crippen molar-refractivity contribution in [2.45, 2.75) is 39.8 Å². The summed E-state index contributed by atoms with van der Waals surface area (Å²) < 4.78 is 22.9. The summed E-state index contributed by atoms with van der Waals surface area (Å²) in [6.45, 7) is 6.76. The lowest BCUT2D eigenvalue weighted by Crippen LogP contribution is -2.32. The van der Waals surface area contributed by atoms with Crippen molar-refractivity contribution < 1.29 is 14.2 Å². The van der Waals surface area contributed by atoms with E-state index in [1.807, 2.05) is 0 Å². The van der Waals surface area contributed by atoms with Crippen molar-refractivity contribution in [3.05, 3.63) is 80.5 Å². The van der Waals surface area contributed by atoms with Gasteiger partial charge in [-0.1, -0.05) is 0 Å². The molecule has 0 radical (unpaired) electrons. The van der Waals surface area contributed by atoms with E-state index >= 15 is 0 Å². The number of halogens is 1. The molecular weight excluding hydrogens is 425 g/mol. The molecule has 7 nitrogen and oxygen atoms in total. The van der Waals surface area contributed by atoms with Gasteiger partial charge in [0, 0.05) is 42.0 Å². The maximum absolute atomic E-state index is 13.9. The van der Waals surface area contributed by atoms with Crippen molar-refractivity contribution >= 4 is 10.9 Å². The third-order valence-electron chi connectivity index (χ3n) is 5.47. The number of fused-ring (bicyclic) bond motifs is 1. The lowest BCUT2D eigenvalue weighted by molar-refractivity contribution is 0.0603. The summed E-state index contributed by atoms with van der Waals surface area (Å²) in [5.41, 5.74) is 1.08. The summed E-state index contributed by atoms with van der Waals surface area (Å²) in [5.74, 6) is 0.454. The molecule has 0 bridgehead atoms. The summed E-state index contributed by atoms with van der Waals surface area (Å²) in [7, 11) is 1.64. The average molecular weight is 451 g/mol. The molecule has 0 atom stereocenters. The van der Waals surface area contributed by atoms with Gasteiger partial charge in [0.15, 0.2) is 5.75 Å². The number of pyridine rings is 2. The minimum atomic E-state index is -1.13. The zero-order chi connectivity index (χ0) is 24.1. The summed E-state index contributed by atoms with van der Waals surface area (Å²) in [5, 5.41) is 10.9. The topological polar surface area (TPSA) is 89.2 Å². The Labute approximate surface area is 189 Å². The molecule has 33 heavy (non-hydrogen) atoms. The van der Waals surface area contributed by atoms with E-state index in [-0.39, 0.29) is 23.5 Å². The molecular formula is C25H26FN3O4. The second-order valence-corrected chi connectivity index (χ2v) is 9.03. The number of rotatable bonds is 5. The van der Waals surface area contributed by atoms with Gasteiger partial charge in [-0.05, 0) is 57.0 Å². The maximum Gasteiger partial charge on any atom is 0.274 e. The molecule has 8 heteroatoms. The number of aryl methyl sites for hydroxylation is 3. The first-order chi connectivity index (χ1) is 15.4. The average Bonchev–Trinajstić information content (AvgIpc) is 3.19. The van der Waals surface area contributed by atoms with Crippen molar-refractivity contribution in [3.63, 3.8) is 0 Å². The van der Waals surface area contributed by atoms with E-state index in [0.29, 0.717) is 44.7 Å². The van der Waals surface area contributed by atoms with Crippen LogP contribution in [0.4, 0.5) is 4.39 Å². The second-order valence-electron chi connectivity index (χ2n) is 9.03. The van der Waals surface area contributed by atoms with Gasteiger partial charge in [-0.15, -0.1) is 0 Å². The number of ether oxygens (including phenoxy) is 1. The first-order valence-corrected chi connectivity index (χ1v) is 10.5. The van der Waals surface area contributed by atoms with Gasteiger partial charge in [-0.3, -0.25) is 9.59 Å². The molecule has 0 amide bonds. The van der Waals surface area contributed by atoms with Crippen molar-refractivity contribution in [2.24, 2.45) is 7.05 Å². The zero-order valence-corrected chi connectivity index (χ0v) is 19.2. The van der Waals surface area contributed by atoms with Gasteiger partial charge in [0.1, 0.15) is 17.1 Å². The highest BCUT2D eigenvalue weighted by molar-refractivity contribution is 5.95. The minimum absolute atomic E-state index is 0.0523. The third-order valence-corrected chi connectivity index (χ3v) is 5.47. The number of benzene rings is 1. The Bertz CT molecular complexity index is 1470. The molecule has 4 rings (SSSR count). The van der Waals surface area contributed by atoms with E-state index in [0.717, 1.165) is 0 Å². The molecule has 0 spiro atoms. The van der Waals surface area contributed by atoms with Gasteiger partial charge in [-0.25, -0.2) is 4.39 Å². The van der Waals surface area contributed by atoms with Gasteiger partial charge in [0.2, 0.25) is 0 Å². The fraction of sp³-hybridized carbons (Fsp3) is 0.280. The van der Waals surface area contributed by atoms with Crippen molar-refractivity contribution in [1.29, 1.82) is 0 Å². The van der Waals surface area contributed by atoms with Crippen LogP contribution in [0, 0.1) is 19.7 Å². The third kappa shape index (κ3) is 4.34. The lowest BCUT2D eigenvalue weighted by atomic mass is 10.0. The quantitative estimate of drug-likeness (QED) is 0.480. The Kier molecular flexibility index (Phi) is 5.49. The molecule has 3 aromatic heterocycles. The molecule has 0 aliphatic rings. The van der Waals surface area contributed by atoms with Crippen LogP contribution in [-0.4, -0.2) is 24.8 Å². The highest BCUT2D eigenvalue weighted by Crippen LogP contribution is 2.37. The first-order valence-electron chi connectivity index (χ1n) is 10.5. The van der Waals surface area contributed by atoms with E-state index in [4.69, 9.17) is 4.74 Å². The van der Waals surface area contributed by atoms with Crippen LogP contribution in [0.15, 0.2) is 52.4 Å². The van der Waals surface area contributed by atoms with E-state index < -0.39 is 5.60 Å². The number of aliphatic hydroxyl groups is 1. The zero-order valence-electron chi connectivity index (χ0n) is 19.2. The Balaban J connectivity index is 1.99. The number of H-pyrrole nitrogens is 1. The number of nitrogens with zero attached hydrogens (tertiary/aromatic N) is 2. The lowest BCUT2D eigenvalue weighted by Gasteiger charge is -2.21. The highest BCUT2D eigenvalue weighted by atomic mass is 19.1. The molecule has 0 aliphatic carbocycles. The molecule has 4 aromatic rings.